The van der Waals surface area contributed by atoms with Crippen LogP contribution in [0.2, 0.25) is 0 Å². The minimum atomic E-state index is -0.505. The second-order valence-electron chi connectivity index (χ2n) is 2.61. The molecular weight excluding hydrogens is 155 g/mol. The Labute approximate surface area is 70.4 Å². The van der Waals surface area contributed by atoms with E-state index in [1.54, 1.807) is 25.1 Å². The van der Waals surface area contributed by atoms with Gasteiger partial charge in [-0.25, -0.2) is 4.39 Å². The molecule has 0 saturated heterocycles. The van der Waals surface area contributed by atoms with E-state index in [2.05, 4.69) is 0 Å². The lowest BCUT2D eigenvalue weighted by Crippen LogP contribution is -2.08. The first kappa shape index (κ1) is 8.69. The molecule has 3 heteroatoms. The lowest BCUT2D eigenvalue weighted by Gasteiger charge is -2.06. The third-order valence-electron chi connectivity index (χ3n) is 1.64. The van der Waals surface area contributed by atoms with E-state index in [1.807, 2.05) is 0 Å². The smallest absolute Gasteiger partial charge is 0.145 e. The summed E-state index contributed by atoms with van der Waals surface area (Å²) in [6, 6.07) is 6.02. The summed E-state index contributed by atoms with van der Waals surface area (Å²) in [5, 5.41) is 8.49. The van der Waals surface area contributed by atoms with Gasteiger partial charge in [0.15, 0.2) is 0 Å². The molecule has 1 aromatic rings. The van der Waals surface area contributed by atoms with Gasteiger partial charge in [-0.15, -0.1) is 0 Å². The molecule has 1 rings (SSSR count). The molecule has 0 aromatic heterocycles. The molecule has 1 atom stereocenters. The van der Waals surface area contributed by atoms with Gasteiger partial charge in [0.2, 0.25) is 0 Å². The molecule has 12 heavy (non-hydrogen) atoms. The summed E-state index contributed by atoms with van der Waals surface area (Å²) < 4.78 is 13.2. The number of halogens is 1. The minimum absolute atomic E-state index is 0.0461. The van der Waals surface area contributed by atoms with Crippen molar-refractivity contribution in [2.75, 3.05) is 0 Å². The summed E-state index contributed by atoms with van der Waals surface area (Å²) in [5.74, 6) is -0.505. The Kier molecular flexibility index (Phi) is 2.41. The molecule has 0 radical (unpaired) electrons. The van der Waals surface area contributed by atoms with Crippen LogP contribution in [0.4, 0.5) is 4.39 Å². The standard InChI is InChI=1S/C9H9FN2/c1-6(12)8-4-2-3-7(5-11)9(8)10/h2-4,6H,12H2,1H3. The first-order valence-corrected chi connectivity index (χ1v) is 3.61. The van der Waals surface area contributed by atoms with Crippen molar-refractivity contribution >= 4 is 0 Å². The number of benzene rings is 1. The van der Waals surface area contributed by atoms with Gasteiger partial charge in [-0.05, 0) is 13.0 Å². The lowest BCUT2D eigenvalue weighted by molar-refractivity contribution is 0.590. The van der Waals surface area contributed by atoms with E-state index < -0.39 is 5.82 Å². The van der Waals surface area contributed by atoms with Crippen LogP contribution in [0.25, 0.3) is 0 Å². The van der Waals surface area contributed by atoms with Crippen molar-refractivity contribution in [3.05, 3.63) is 35.1 Å². The first-order valence-electron chi connectivity index (χ1n) is 3.61. The monoisotopic (exact) mass is 164 g/mol. The summed E-state index contributed by atoms with van der Waals surface area (Å²) in [6.07, 6.45) is 0. The highest BCUT2D eigenvalue weighted by Gasteiger charge is 2.09. The van der Waals surface area contributed by atoms with Crippen molar-refractivity contribution in [1.82, 2.24) is 0 Å². The van der Waals surface area contributed by atoms with E-state index in [4.69, 9.17) is 11.0 Å². The Morgan fingerprint density at radius 1 is 1.58 bits per heavy atom. The Morgan fingerprint density at radius 3 is 2.75 bits per heavy atom. The molecule has 0 amide bonds. The average Bonchev–Trinajstić information content (AvgIpc) is 2.04. The second-order valence-corrected chi connectivity index (χ2v) is 2.61. The highest BCUT2D eigenvalue weighted by atomic mass is 19.1. The van der Waals surface area contributed by atoms with E-state index in [-0.39, 0.29) is 11.6 Å². The zero-order chi connectivity index (χ0) is 9.14. The van der Waals surface area contributed by atoms with E-state index in [1.165, 1.54) is 6.07 Å². The molecule has 0 heterocycles. The quantitative estimate of drug-likeness (QED) is 0.687. The van der Waals surface area contributed by atoms with Crippen LogP contribution in [0.3, 0.4) is 0 Å². The number of nitriles is 1. The molecule has 0 fully saturated rings. The third-order valence-corrected chi connectivity index (χ3v) is 1.64. The summed E-state index contributed by atoms with van der Waals surface area (Å²) in [7, 11) is 0. The van der Waals surface area contributed by atoms with Gasteiger partial charge in [0.25, 0.3) is 0 Å². The predicted molar refractivity (Wildman–Crippen MR) is 43.7 cm³/mol. The van der Waals surface area contributed by atoms with Crippen LogP contribution in [0.1, 0.15) is 24.1 Å². The van der Waals surface area contributed by atoms with Crippen LogP contribution in [0.5, 0.6) is 0 Å². The zero-order valence-electron chi connectivity index (χ0n) is 6.71. The average molecular weight is 164 g/mol. The molecule has 0 saturated carbocycles. The van der Waals surface area contributed by atoms with E-state index in [0.29, 0.717) is 5.56 Å². The highest BCUT2D eigenvalue weighted by Crippen LogP contribution is 2.17. The number of nitrogens with two attached hydrogens (primary N) is 1. The molecule has 2 N–H and O–H groups in total. The van der Waals surface area contributed by atoms with Crippen LogP contribution in [0, 0.1) is 17.1 Å². The molecule has 0 aliphatic heterocycles. The SMILES string of the molecule is CC(N)c1cccc(C#N)c1F. The molecule has 2 nitrogen and oxygen atoms in total. The Morgan fingerprint density at radius 2 is 2.25 bits per heavy atom. The third kappa shape index (κ3) is 1.44. The molecular formula is C9H9FN2. The van der Waals surface area contributed by atoms with Crippen LogP contribution < -0.4 is 5.73 Å². The molecule has 0 aliphatic rings. The fourth-order valence-corrected chi connectivity index (χ4v) is 0.988. The molecule has 0 bridgehead atoms. The highest BCUT2D eigenvalue weighted by molar-refractivity contribution is 5.35. The molecule has 1 unspecified atom stereocenters. The second kappa shape index (κ2) is 3.33. The van der Waals surface area contributed by atoms with Crippen LogP contribution >= 0.6 is 0 Å². The Balaban J connectivity index is 3.25. The maximum Gasteiger partial charge on any atom is 0.145 e. The summed E-state index contributed by atoms with van der Waals surface area (Å²) in [5.41, 5.74) is 5.92. The number of hydrogen-bond donors (Lipinski definition) is 1. The van der Waals surface area contributed by atoms with Gasteiger partial charge < -0.3 is 5.73 Å². The van der Waals surface area contributed by atoms with Crippen molar-refractivity contribution in [2.45, 2.75) is 13.0 Å². The van der Waals surface area contributed by atoms with Crippen LogP contribution in [-0.4, -0.2) is 0 Å². The molecule has 62 valence electrons. The number of rotatable bonds is 1. The van der Waals surface area contributed by atoms with Crippen molar-refractivity contribution < 1.29 is 4.39 Å². The summed E-state index contributed by atoms with van der Waals surface area (Å²) in [4.78, 5) is 0. The normalized spacial score (nSPS) is 12.2. The largest absolute Gasteiger partial charge is 0.324 e. The van der Waals surface area contributed by atoms with Crippen LogP contribution in [-0.2, 0) is 0 Å². The van der Waals surface area contributed by atoms with E-state index in [9.17, 15) is 4.39 Å². The topological polar surface area (TPSA) is 49.8 Å². The van der Waals surface area contributed by atoms with Gasteiger partial charge >= 0.3 is 0 Å². The van der Waals surface area contributed by atoms with Crippen molar-refractivity contribution in [3.63, 3.8) is 0 Å². The first-order chi connectivity index (χ1) is 5.66. The van der Waals surface area contributed by atoms with E-state index in [0.717, 1.165) is 0 Å². The molecule has 1 aromatic carbocycles. The molecule has 0 spiro atoms. The van der Waals surface area contributed by atoms with Gasteiger partial charge in [-0.1, -0.05) is 12.1 Å². The number of nitrogens with zero attached hydrogens (tertiary/aromatic N) is 1. The van der Waals surface area contributed by atoms with E-state index >= 15 is 0 Å². The van der Waals surface area contributed by atoms with Crippen LogP contribution in [0.15, 0.2) is 18.2 Å². The van der Waals surface area contributed by atoms with Crippen molar-refractivity contribution in [3.8, 4) is 6.07 Å². The van der Waals surface area contributed by atoms with Gasteiger partial charge in [0.05, 0.1) is 5.56 Å². The molecule has 0 aliphatic carbocycles. The van der Waals surface area contributed by atoms with Gasteiger partial charge in [-0.3, -0.25) is 0 Å². The minimum Gasteiger partial charge on any atom is -0.324 e. The van der Waals surface area contributed by atoms with Crippen molar-refractivity contribution in [2.24, 2.45) is 5.73 Å². The zero-order valence-corrected chi connectivity index (χ0v) is 6.71. The summed E-state index contributed by atoms with van der Waals surface area (Å²) in [6.45, 7) is 1.68. The fourth-order valence-electron chi connectivity index (χ4n) is 0.988. The van der Waals surface area contributed by atoms with Gasteiger partial charge in [-0.2, -0.15) is 5.26 Å². The maximum atomic E-state index is 13.2. The predicted octanol–water partition coefficient (Wildman–Crippen LogP) is 1.72. The summed E-state index contributed by atoms with van der Waals surface area (Å²) >= 11 is 0. The van der Waals surface area contributed by atoms with Gasteiger partial charge in [0.1, 0.15) is 11.9 Å². The van der Waals surface area contributed by atoms with Crippen molar-refractivity contribution in [1.29, 1.82) is 5.26 Å². The van der Waals surface area contributed by atoms with Gasteiger partial charge in [0, 0.05) is 11.6 Å². The maximum absolute atomic E-state index is 13.2. The lowest BCUT2D eigenvalue weighted by atomic mass is 10.1. The Hall–Kier alpha value is -1.40. The Bertz CT molecular complexity index is 326. The number of hydrogen-bond acceptors (Lipinski definition) is 2. The fraction of sp³-hybridized carbons (Fsp3) is 0.222.